The number of carboxylic acid groups (broad SMARTS) is 6. The number of carboxylic acids is 6. The molecule has 3 rings (SSSR count). The first-order chi connectivity index (χ1) is 48.7. The van der Waals surface area contributed by atoms with Gasteiger partial charge in [-0.2, -0.15) is 8.42 Å². The van der Waals surface area contributed by atoms with E-state index in [0.717, 1.165) is 17.0 Å². The average Bonchev–Trinajstić information content (AvgIpc) is 1.36. The number of carbonyl (C=O) groups is 17. The van der Waals surface area contributed by atoms with Crippen LogP contribution < -0.4 is 63.5 Å². The fraction of sp³-hybridized carbons (Fsp3) is 0.547. The molecule has 0 spiro atoms. The Morgan fingerprint density at radius 3 is 1.30 bits per heavy atom. The van der Waals surface area contributed by atoms with Gasteiger partial charge in [0.15, 0.2) is 0 Å². The molecule has 1 fully saturated rings. The minimum absolute atomic E-state index is 0.0973. The Bertz CT molecular complexity index is 3550. The van der Waals surface area contributed by atoms with Crippen LogP contribution in [0.15, 0.2) is 54.6 Å². The fourth-order valence-corrected chi connectivity index (χ4v) is 10.9. The van der Waals surface area contributed by atoms with Gasteiger partial charge in [-0.25, -0.2) is 4.79 Å². The summed E-state index contributed by atoms with van der Waals surface area (Å²) in [5.41, 5.74) is 11.5. The number of rotatable bonds is 47. The first kappa shape index (κ1) is 87.3. The molecule has 0 aromatic heterocycles. The quantitative estimate of drug-likeness (QED) is 0.0289. The zero-order valence-corrected chi connectivity index (χ0v) is 58.1. The third kappa shape index (κ3) is 31.6. The number of nitrogens with one attached hydrogen (secondary N) is 9. The van der Waals surface area contributed by atoms with Gasteiger partial charge in [-0.3, -0.25) is 81.3 Å². The predicted octanol–water partition coefficient (Wildman–Crippen LogP) is -3.29. The molecule has 40 heteroatoms. The molecule has 2 aromatic rings. The lowest BCUT2D eigenvalue weighted by atomic mass is 9.96. The topological polar surface area (TPSA) is 639 Å². The Morgan fingerprint density at radius 1 is 0.500 bits per heavy atom. The van der Waals surface area contributed by atoms with Crippen LogP contribution in [0.5, 0.6) is 5.75 Å². The Hall–Kier alpha value is -10.9. The summed E-state index contributed by atoms with van der Waals surface area (Å²) < 4.78 is 36.5. The normalized spacial score (nSPS) is 15.8. The maximum absolute atomic E-state index is 14.8. The van der Waals surface area contributed by atoms with E-state index in [1.165, 1.54) is 19.1 Å². The summed E-state index contributed by atoms with van der Waals surface area (Å²) in [5, 5.41) is 79.1. The van der Waals surface area contributed by atoms with Crippen LogP contribution in [0.4, 0.5) is 0 Å². The first-order valence-electron chi connectivity index (χ1n) is 32.9. The summed E-state index contributed by atoms with van der Waals surface area (Å²) in [6.07, 6.45) is -8.78. The summed E-state index contributed by atoms with van der Waals surface area (Å²) in [7, 11) is -5.03. The predicted molar refractivity (Wildman–Crippen MR) is 357 cm³/mol. The minimum Gasteiger partial charge on any atom is -0.481 e. The SMILES string of the molecule is CC[C@H](C)[C@H](NC(=O)[C@H](CCC(=O)O)NC(=O)[C@H](CCC(=O)O)NC(=O)[C@H](Cc1ccccc1)NC(=O)[C@@H](N)CC(=O)O)C(=O)N1CCC[C@H]1C(=O)N[C@@H](CCC(=O)O)C(=O)N[C@@H](CCC(=O)O)C(=O)N[C@@H](Cc1ccc(OS(=O)(=O)O)cc1)C(=O)N[C@@H](CC(C)C)C(=O)N[C@@H](CCC(N)=O)C(=O)O. The van der Waals surface area contributed by atoms with Crippen LogP contribution in [0.25, 0.3) is 0 Å². The van der Waals surface area contributed by atoms with Gasteiger partial charge in [0, 0.05) is 51.5 Å². The molecule has 0 unspecified atom stereocenters. The van der Waals surface area contributed by atoms with E-state index in [1.54, 1.807) is 51.1 Å². The standard InChI is InChI=1S/C64H90N12O27S/c1-5-33(4)53(75-58(92)41(21-26-51(84)85)68-55(89)38(18-23-48(78)79)69-60(94)44(29-34-10-7-6-8-11-34)72-54(88)37(65)31-52(86)87)63(97)76-27-9-12-46(76)62(96)70-40(20-25-50(82)83)56(90)67-39(19-24-49(80)81)57(91)74-45(30-35-13-15-36(16-14-35)103-104(100,101)102)61(95)73-43(28-32(2)3)59(93)71-42(64(98)99)17-22-47(66)77/h6-8,10-11,13-16,32-33,37-46,53H,5,9,12,17-31,65H2,1-4H3,(H2,66,77)(H,67,90)(H,68,89)(H,69,94)(H,70,96)(H,71,93)(H,72,88)(H,73,95)(H,74,91)(H,75,92)(H,78,79)(H,80,81)(H,82,83)(H,84,85)(H,86,87)(H,98,99)(H,100,101,102)/t33-,37-,38-,39-,40-,41-,42-,43-,44-,45-,46-,53-/m0/s1. The summed E-state index contributed by atoms with van der Waals surface area (Å²) in [4.78, 5) is 226. The fourth-order valence-electron chi connectivity index (χ4n) is 10.6. The molecule has 0 bridgehead atoms. The number of benzene rings is 2. The second kappa shape index (κ2) is 42.5. The highest BCUT2D eigenvalue weighted by Gasteiger charge is 2.43. The van der Waals surface area contributed by atoms with Crippen LogP contribution in [0.1, 0.15) is 135 Å². The van der Waals surface area contributed by atoms with E-state index < -0.39 is 272 Å². The molecular weight excluding hydrogens is 1400 g/mol. The number of nitrogens with two attached hydrogens (primary N) is 2. The van der Waals surface area contributed by atoms with Crippen LogP contribution >= 0.6 is 0 Å². The second-order valence-corrected chi connectivity index (χ2v) is 26.0. The molecule has 39 nitrogen and oxygen atoms in total. The van der Waals surface area contributed by atoms with E-state index in [-0.39, 0.29) is 44.2 Å². The number of hydrogen-bond acceptors (Lipinski definition) is 21. The molecule has 104 heavy (non-hydrogen) atoms. The van der Waals surface area contributed by atoms with Gasteiger partial charge in [0.05, 0.1) is 12.5 Å². The smallest absolute Gasteiger partial charge is 0.446 e. The summed E-state index contributed by atoms with van der Waals surface area (Å²) in [6, 6.07) is -6.52. The van der Waals surface area contributed by atoms with Crippen molar-refractivity contribution in [2.45, 2.75) is 203 Å². The minimum atomic E-state index is -5.03. The number of likely N-dealkylation sites (tertiary alicyclic amines) is 1. The second-order valence-electron chi connectivity index (χ2n) is 25.0. The van der Waals surface area contributed by atoms with Crippen molar-refractivity contribution in [3.63, 3.8) is 0 Å². The highest BCUT2D eigenvalue weighted by atomic mass is 32.3. The number of carbonyl (C=O) groups excluding carboxylic acids is 11. The Kier molecular flexibility index (Phi) is 35.7. The molecule has 1 heterocycles. The third-order valence-electron chi connectivity index (χ3n) is 16.2. The van der Waals surface area contributed by atoms with Crippen LogP contribution in [0.3, 0.4) is 0 Å². The van der Waals surface area contributed by atoms with E-state index in [2.05, 4.69) is 52.0 Å². The van der Waals surface area contributed by atoms with Crippen molar-refractivity contribution in [1.82, 2.24) is 52.8 Å². The average molecular weight is 1490 g/mol. The molecule has 0 aliphatic carbocycles. The van der Waals surface area contributed by atoms with Crippen molar-refractivity contribution in [3.05, 3.63) is 65.7 Å². The molecule has 0 radical (unpaired) electrons. The Morgan fingerprint density at radius 2 is 0.885 bits per heavy atom. The molecule has 12 atom stereocenters. The van der Waals surface area contributed by atoms with Crippen LogP contribution in [-0.2, 0) is 105 Å². The van der Waals surface area contributed by atoms with Crippen molar-refractivity contribution >= 4 is 111 Å². The molecule has 11 amide bonds. The number of primary amides is 1. The monoisotopic (exact) mass is 1490 g/mol. The zero-order valence-electron chi connectivity index (χ0n) is 57.2. The lowest BCUT2D eigenvalue weighted by molar-refractivity contribution is -0.144. The molecule has 1 saturated heterocycles. The molecule has 0 saturated carbocycles. The van der Waals surface area contributed by atoms with Crippen molar-refractivity contribution < 1.29 is 129 Å². The van der Waals surface area contributed by atoms with Gasteiger partial charge in [0.2, 0.25) is 65.0 Å². The van der Waals surface area contributed by atoms with E-state index in [1.807, 2.05) is 0 Å². The maximum Gasteiger partial charge on any atom is 0.446 e. The third-order valence-corrected chi connectivity index (χ3v) is 16.6. The van der Waals surface area contributed by atoms with Crippen LogP contribution in [0, 0.1) is 11.8 Å². The molecule has 1 aliphatic rings. The van der Waals surface area contributed by atoms with Gasteiger partial charge in [0.1, 0.15) is 66.2 Å². The van der Waals surface area contributed by atoms with Gasteiger partial charge in [-0.05, 0) is 86.5 Å². The van der Waals surface area contributed by atoms with Crippen LogP contribution in [0.2, 0.25) is 0 Å². The Balaban J connectivity index is 2.01. The van der Waals surface area contributed by atoms with Crippen LogP contribution in [-0.4, -0.2) is 222 Å². The molecule has 1 aliphatic heterocycles. The van der Waals surface area contributed by atoms with Gasteiger partial charge in [-0.15, -0.1) is 0 Å². The first-order valence-corrected chi connectivity index (χ1v) is 34.2. The number of hydrogen-bond donors (Lipinski definition) is 18. The van der Waals surface area contributed by atoms with E-state index in [4.69, 9.17) is 11.5 Å². The summed E-state index contributed by atoms with van der Waals surface area (Å²) in [5.74, 6) is -23.0. The number of nitrogens with zero attached hydrogens (tertiary/aromatic N) is 1. The number of aliphatic carboxylic acids is 6. The largest absolute Gasteiger partial charge is 0.481 e. The van der Waals surface area contributed by atoms with Crippen molar-refractivity contribution in [2.24, 2.45) is 23.3 Å². The van der Waals surface area contributed by atoms with E-state index >= 15 is 0 Å². The van der Waals surface area contributed by atoms with Gasteiger partial charge >= 0.3 is 46.2 Å². The highest BCUT2D eigenvalue weighted by Crippen LogP contribution is 2.23. The lowest BCUT2D eigenvalue weighted by Gasteiger charge is -2.33. The molecule has 2 aromatic carbocycles. The van der Waals surface area contributed by atoms with Gasteiger partial charge in [-0.1, -0.05) is 76.6 Å². The van der Waals surface area contributed by atoms with Gasteiger partial charge in [0.25, 0.3) is 0 Å². The molecule has 20 N–H and O–H groups in total. The van der Waals surface area contributed by atoms with Crippen molar-refractivity contribution in [1.29, 1.82) is 0 Å². The lowest BCUT2D eigenvalue weighted by Crippen LogP contribution is -2.61. The highest BCUT2D eigenvalue weighted by molar-refractivity contribution is 7.81. The van der Waals surface area contributed by atoms with E-state index in [0.29, 0.717) is 5.56 Å². The summed E-state index contributed by atoms with van der Waals surface area (Å²) in [6.45, 7) is 6.19. The van der Waals surface area contributed by atoms with Crippen molar-refractivity contribution in [3.8, 4) is 5.75 Å². The maximum atomic E-state index is 14.8. The zero-order chi connectivity index (χ0) is 78.3. The van der Waals surface area contributed by atoms with Crippen molar-refractivity contribution in [2.75, 3.05) is 6.54 Å². The summed E-state index contributed by atoms with van der Waals surface area (Å²) >= 11 is 0. The Labute approximate surface area is 595 Å². The molecule has 574 valence electrons. The molecular formula is C64H90N12O27S. The number of amides is 11. The van der Waals surface area contributed by atoms with E-state index in [9.17, 15) is 125 Å². The van der Waals surface area contributed by atoms with Gasteiger partial charge < -0.3 is 99.0 Å².